The highest BCUT2D eigenvalue weighted by Crippen LogP contribution is 2.62. The number of benzene rings is 5. The van der Waals surface area contributed by atoms with Gasteiger partial charge in [0.15, 0.2) is 0 Å². The monoisotopic (exact) mass is 538 g/mol. The first kappa shape index (κ1) is 23.4. The van der Waals surface area contributed by atoms with Crippen LogP contribution in [0, 0.1) is 0 Å². The van der Waals surface area contributed by atoms with Crippen LogP contribution in [-0.2, 0) is 11.8 Å². The van der Waals surface area contributed by atoms with Crippen molar-refractivity contribution in [3.8, 4) is 45.1 Å². The number of ether oxygens (including phenoxy) is 1. The van der Waals surface area contributed by atoms with Crippen molar-refractivity contribution in [3.63, 3.8) is 0 Å². The Balaban J connectivity index is 1.23. The van der Waals surface area contributed by atoms with E-state index in [0.717, 1.165) is 52.4 Å². The van der Waals surface area contributed by atoms with E-state index in [1.54, 1.807) is 0 Å². The van der Waals surface area contributed by atoms with Crippen molar-refractivity contribution < 1.29 is 4.74 Å². The fourth-order valence-electron chi connectivity index (χ4n) is 7.36. The van der Waals surface area contributed by atoms with Crippen molar-refractivity contribution in [2.24, 2.45) is 0 Å². The minimum absolute atomic E-state index is 0.489. The Morgan fingerprint density at radius 1 is 0.548 bits per heavy atom. The van der Waals surface area contributed by atoms with Crippen LogP contribution in [0.1, 0.15) is 39.8 Å². The van der Waals surface area contributed by atoms with Gasteiger partial charge in [0.05, 0.1) is 16.8 Å². The zero-order chi connectivity index (χ0) is 27.7. The highest BCUT2D eigenvalue weighted by molar-refractivity contribution is 5.89. The van der Waals surface area contributed by atoms with Gasteiger partial charge >= 0.3 is 0 Å². The van der Waals surface area contributed by atoms with E-state index in [2.05, 4.69) is 133 Å². The van der Waals surface area contributed by atoms with Crippen LogP contribution in [0.4, 0.5) is 0 Å². The van der Waals surface area contributed by atoms with E-state index >= 15 is 0 Å². The smallest absolute Gasteiger partial charge is 0.132 e. The van der Waals surface area contributed by atoms with Gasteiger partial charge in [-0.15, -0.1) is 10.2 Å². The first-order valence-electron chi connectivity index (χ1n) is 14.6. The van der Waals surface area contributed by atoms with Crippen LogP contribution in [-0.4, -0.2) is 10.2 Å². The second-order valence-electron chi connectivity index (χ2n) is 11.3. The Morgan fingerprint density at radius 2 is 1.21 bits per heavy atom. The van der Waals surface area contributed by atoms with E-state index in [9.17, 15) is 0 Å². The Kier molecular flexibility index (Phi) is 4.94. The molecular weight excluding hydrogens is 512 g/mol. The lowest BCUT2D eigenvalue weighted by atomic mass is 9.66. The third-order valence-corrected chi connectivity index (χ3v) is 9.15. The van der Waals surface area contributed by atoms with Gasteiger partial charge in [0, 0.05) is 22.3 Å². The molecule has 6 aromatic rings. The highest BCUT2D eigenvalue weighted by Gasteiger charge is 2.50. The standard InChI is InChI=1S/C39H26N2O/c1-2-12-27-25(10-1)11-9-15-30(27)36-22-21-35(40-41-36)26-20-23-38-34(24-26)39(33-18-7-8-19-37(33)42-38)31-16-5-3-13-28(31)29-14-4-6-17-32(29)39/h1,3-11,13-24H,2,12H2. The molecule has 0 unspecified atom stereocenters. The molecule has 0 radical (unpaired) electrons. The third kappa shape index (κ3) is 3.16. The summed E-state index contributed by atoms with van der Waals surface area (Å²) in [5, 5.41) is 9.50. The summed E-state index contributed by atoms with van der Waals surface area (Å²) in [7, 11) is 0. The molecule has 42 heavy (non-hydrogen) atoms. The largest absolute Gasteiger partial charge is 0.457 e. The molecule has 1 aliphatic heterocycles. The van der Waals surface area contributed by atoms with Crippen molar-refractivity contribution in [2.45, 2.75) is 18.3 Å². The second-order valence-corrected chi connectivity index (χ2v) is 11.3. The minimum Gasteiger partial charge on any atom is -0.457 e. The van der Waals surface area contributed by atoms with Crippen LogP contribution in [0.2, 0.25) is 0 Å². The van der Waals surface area contributed by atoms with Crippen LogP contribution in [0.25, 0.3) is 39.7 Å². The molecular formula is C39H26N2O. The van der Waals surface area contributed by atoms with Crippen LogP contribution in [0.15, 0.2) is 127 Å². The van der Waals surface area contributed by atoms with Crippen LogP contribution in [0.5, 0.6) is 11.5 Å². The highest BCUT2D eigenvalue weighted by atomic mass is 16.5. The maximum atomic E-state index is 6.57. The average Bonchev–Trinajstić information content (AvgIpc) is 3.35. The van der Waals surface area contributed by atoms with E-state index in [0.29, 0.717) is 0 Å². The van der Waals surface area contributed by atoms with Gasteiger partial charge in [0.25, 0.3) is 0 Å². The first-order valence-corrected chi connectivity index (χ1v) is 14.6. The summed E-state index contributed by atoms with van der Waals surface area (Å²) in [5.74, 6) is 1.77. The number of hydrogen-bond acceptors (Lipinski definition) is 3. The van der Waals surface area contributed by atoms with Crippen LogP contribution < -0.4 is 4.74 Å². The summed E-state index contributed by atoms with van der Waals surface area (Å²) < 4.78 is 6.57. The number of para-hydroxylation sites is 1. The molecule has 3 nitrogen and oxygen atoms in total. The molecule has 2 heterocycles. The fourth-order valence-corrected chi connectivity index (χ4v) is 7.36. The molecule has 5 aromatic carbocycles. The van der Waals surface area contributed by atoms with Gasteiger partial charge in [-0.3, -0.25) is 0 Å². The lowest BCUT2D eigenvalue weighted by Gasteiger charge is -2.39. The molecule has 0 atom stereocenters. The van der Waals surface area contributed by atoms with Gasteiger partial charge in [-0.2, -0.15) is 0 Å². The van der Waals surface area contributed by atoms with Crippen LogP contribution >= 0.6 is 0 Å². The summed E-state index contributed by atoms with van der Waals surface area (Å²) >= 11 is 0. The number of hydrogen-bond donors (Lipinski definition) is 0. The van der Waals surface area contributed by atoms with E-state index in [1.165, 1.54) is 38.9 Å². The predicted molar refractivity (Wildman–Crippen MR) is 168 cm³/mol. The van der Waals surface area contributed by atoms with Gasteiger partial charge in [-0.1, -0.05) is 97.1 Å². The van der Waals surface area contributed by atoms with Gasteiger partial charge in [0.2, 0.25) is 0 Å². The quantitative estimate of drug-likeness (QED) is 0.220. The van der Waals surface area contributed by atoms with Crippen molar-refractivity contribution in [1.82, 2.24) is 10.2 Å². The Bertz CT molecular complexity index is 2030. The molecule has 0 bridgehead atoms. The second kappa shape index (κ2) is 8.86. The number of allylic oxidation sites excluding steroid dienone is 1. The lowest BCUT2D eigenvalue weighted by Crippen LogP contribution is -2.32. The zero-order valence-electron chi connectivity index (χ0n) is 22.9. The third-order valence-electron chi connectivity index (χ3n) is 9.15. The Hall–Kier alpha value is -5.28. The average molecular weight is 539 g/mol. The predicted octanol–water partition coefficient (Wildman–Crippen LogP) is 9.24. The van der Waals surface area contributed by atoms with Crippen molar-refractivity contribution in [2.75, 3.05) is 0 Å². The van der Waals surface area contributed by atoms with Gasteiger partial charge in [-0.05, 0) is 82.6 Å². The summed E-state index contributed by atoms with van der Waals surface area (Å²) in [4.78, 5) is 0. The molecule has 1 spiro atoms. The van der Waals surface area contributed by atoms with Gasteiger partial charge in [0.1, 0.15) is 11.5 Å². The molecule has 0 N–H and O–H groups in total. The number of rotatable bonds is 2. The van der Waals surface area contributed by atoms with Crippen molar-refractivity contribution in [3.05, 3.63) is 161 Å². The molecule has 1 aromatic heterocycles. The minimum atomic E-state index is -0.489. The summed E-state index contributed by atoms with van der Waals surface area (Å²) in [6.45, 7) is 0. The number of fused-ring (bicyclic) bond motifs is 10. The molecule has 3 aliphatic rings. The Morgan fingerprint density at radius 3 is 2.00 bits per heavy atom. The summed E-state index contributed by atoms with van der Waals surface area (Å²) in [6, 6.07) is 43.2. The fraction of sp³-hybridized carbons (Fsp3) is 0.0769. The normalized spacial score (nSPS) is 14.8. The topological polar surface area (TPSA) is 35.0 Å². The molecule has 0 fully saturated rings. The molecule has 0 saturated carbocycles. The first-order chi connectivity index (χ1) is 20.8. The molecule has 198 valence electrons. The maximum absolute atomic E-state index is 6.57. The van der Waals surface area contributed by atoms with E-state index in [4.69, 9.17) is 14.9 Å². The molecule has 0 saturated heterocycles. The molecule has 0 amide bonds. The van der Waals surface area contributed by atoms with Crippen LogP contribution in [0.3, 0.4) is 0 Å². The SMILES string of the molecule is C1=Cc2cccc(-c3ccc(-c4ccc5c(c4)C4(c6ccccc6O5)c5ccccc5-c5ccccc54)nn3)c2CC1. The van der Waals surface area contributed by atoms with Crippen molar-refractivity contribution in [1.29, 1.82) is 0 Å². The molecule has 9 rings (SSSR count). The van der Waals surface area contributed by atoms with Gasteiger partial charge < -0.3 is 4.74 Å². The molecule has 2 aliphatic carbocycles. The van der Waals surface area contributed by atoms with Crippen molar-refractivity contribution >= 4 is 6.08 Å². The zero-order valence-corrected chi connectivity index (χ0v) is 22.9. The number of nitrogens with zero attached hydrogens (tertiary/aromatic N) is 2. The van der Waals surface area contributed by atoms with E-state index < -0.39 is 5.41 Å². The number of aromatic nitrogens is 2. The van der Waals surface area contributed by atoms with Gasteiger partial charge in [-0.25, -0.2) is 0 Å². The van der Waals surface area contributed by atoms with E-state index in [-0.39, 0.29) is 0 Å². The molecule has 3 heteroatoms. The lowest BCUT2D eigenvalue weighted by molar-refractivity contribution is 0.436. The Labute approximate surface area is 244 Å². The van der Waals surface area contributed by atoms with E-state index in [1.807, 2.05) is 0 Å². The maximum Gasteiger partial charge on any atom is 0.132 e. The summed E-state index contributed by atoms with van der Waals surface area (Å²) in [5.41, 5.74) is 13.5. The summed E-state index contributed by atoms with van der Waals surface area (Å²) in [6.07, 6.45) is 6.55.